The number of amides is 2. The molecule has 7 nitrogen and oxygen atoms in total. The van der Waals surface area contributed by atoms with Gasteiger partial charge in [0, 0.05) is 40.1 Å². The lowest BCUT2D eigenvalue weighted by Gasteiger charge is -2.03. The fourth-order valence-corrected chi connectivity index (χ4v) is 2.44. The van der Waals surface area contributed by atoms with E-state index in [0.717, 1.165) is 22.2 Å². The van der Waals surface area contributed by atoms with Crippen molar-refractivity contribution in [3.63, 3.8) is 0 Å². The van der Waals surface area contributed by atoms with Crippen LogP contribution in [0.2, 0.25) is 0 Å². The van der Waals surface area contributed by atoms with Crippen molar-refractivity contribution in [1.82, 2.24) is 20.7 Å². The van der Waals surface area contributed by atoms with Crippen molar-refractivity contribution in [1.29, 1.82) is 0 Å². The first-order valence-electron chi connectivity index (χ1n) is 7.72. The first-order valence-corrected chi connectivity index (χ1v) is 7.72. The topological polar surface area (TPSA) is 99.2 Å². The molecule has 0 aliphatic rings. The number of rotatable bonds is 5. The number of fused-ring (bicyclic) bond motifs is 1. The third kappa shape index (κ3) is 3.89. The molecule has 3 rings (SSSR count). The number of para-hydroxylation sites is 1. The van der Waals surface area contributed by atoms with Crippen LogP contribution in [0.3, 0.4) is 0 Å². The number of H-pyrrole nitrogens is 1. The smallest absolute Gasteiger partial charge is 0.259 e. The molecule has 126 valence electrons. The molecule has 2 amide bonds. The minimum atomic E-state index is -0.406. The van der Waals surface area contributed by atoms with Gasteiger partial charge in [-0.1, -0.05) is 18.2 Å². The van der Waals surface area contributed by atoms with Crippen LogP contribution in [0.25, 0.3) is 10.9 Å². The summed E-state index contributed by atoms with van der Waals surface area (Å²) in [6.07, 6.45) is 4.63. The Morgan fingerprint density at radius 2 is 1.96 bits per heavy atom. The summed E-state index contributed by atoms with van der Waals surface area (Å²) >= 11 is 0. The van der Waals surface area contributed by atoms with E-state index in [4.69, 9.17) is 0 Å². The predicted molar refractivity (Wildman–Crippen MR) is 95.3 cm³/mol. The normalized spacial score (nSPS) is 10.9. The third-order valence-electron chi connectivity index (χ3n) is 3.68. The van der Waals surface area contributed by atoms with E-state index in [1.165, 1.54) is 12.4 Å². The van der Waals surface area contributed by atoms with Gasteiger partial charge in [0.25, 0.3) is 11.8 Å². The van der Waals surface area contributed by atoms with Gasteiger partial charge in [0.1, 0.15) is 0 Å². The van der Waals surface area contributed by atoms with Crippen LogP contribution < -0.4 is 10.7 Å². The molecule has 0 fully saturated rings. The van der Waals surface area contributed by atoms with Crippen LogP contribution in [-0.2, 0) is 4.79 Å². The van der Waals surface area contributed by atoms with E-state index < -0.39 is 5.91 Å². The molecule has 0 unspecified atom stereocenters. The number of aromatic amines is 1. The summed E-state index contributed by atoms with van der Waals surface area (Å²) in [5.41, 5.74) is 5.74. The van der Waals surface area contributed by atoms with Gasteiger partial charge < -0.3 is 10.3 Å². The SMILES string of the molecule is Cc1[nH]c2ccccc2c1/C=N\NC(=O)CNC(=O)c1ccncc1. The summed E-state index contributed by atoms with van der Waals surface area (Å²) in [5, 5.41) is 7.53. The highest BCUT2D eigenvalue weighted by atomic mass is 16.2. The number of carbonyl (C=O) groups excluding carboxylic acids is 2. The van der Waals surface area contributed by atoms with Gasteiger partial charge >= 0.3 is 0 Å². The van der Waals surface area contributed by atoms with Crippen LogP contribution in [0.5, 0.6) is 0 Å². The second-order valence-corrected chi connectivity index (χ2v) is 5.42. The second-order valence-electron chi connectivity index (χ2n) is 5.42. The molecule has 7 heteroatoms. The molecule has 0 aliphatic carbocycles. The van der Waals surface area contributed by atoms with Crippen molar-refractivity contribution < 1.29 is 9.59 Å². The summed E-state index contributed by atoms with van der Waals surface area (Å²) in [5.74, 6) is -0.745. The molecule has 25 heavy (non-hydrogen) atoms. The zero-order valence-electron chi connectivity index (χ0n) is 13.6. The summed E-state index contributed by atoms with van der Waals surface area (Å²) in [4.78, 5) is 30.7. The van der Waals surface area contributed by atoms with Gasteiger partial charge in [-0.15, -0.1) is 0 Å². The molecule has 0 aliphatic heterocycles. The number of hydrazone groups is 1. The zero-order chi connectivity index (χ0) is 17.6. The fourth-order valence-electron chi connectivity index (χ4n) is 2.44. The Morgan fingerprint density at radius 1 is 1.20 bits per heavy atom. The monoisotopic (exact) mass is 335 g/mol. The van der Waals surface area contributed by atoms with Gasteiger partial charge in [0.15, 0.2) is 0 Å². The molecule has 0 saturated heterocycles. The molecule has 1 aromatic carbocycles. The van der Waals surface area contributed by atoms with E-state index in [1.54, 1.807) is 18.3 Å². The largest absolute Gasteiger partial charge is 0.358 e. The number of aryl methyl sites for hydroxylation is 1. The molecule has 3 N–H and O–H groups in total. The van der Waals surface area contributed by atoms with E-state index in [2.05, 4.69) is 25.8 Å². The maximum absolute atomic E-state index is 11.8. The van der Waals surface area contributed by atoms with Gasteiger partial charge in [0.05, 0.1) is 12.8 Å². The second kappa shape index (κ2) is 7.39. The van der Waals surface area contributed by atoms with Crippen molar-refractivity contribution in [2.45, 2.75) is 6.92 Å². The predicted octanol–water partition coefficient (Wildman–Crippen LogP) is 1.75. The molecule has 3 aromatic rings. The van der Waals surface area contributed by atoms with Gasteiger partial charge in [-0.2, -0.15) is 5.10 Å². The minimum absolute atomic E-state index is 0.161. The average Bonchev–Trinajstić information content (AvgIpc) is 2.96. The van der Waals surface area contributed by atoms with Gasteiger partial charge in [0.2, 0.25) is 0 Å². The Morgan fingerprint density at radius 3 is 2.76 bits per heavy atom. The van der Waals surface area contributed by atoms with Crippen LogP contribution in [0.1, 0.15) is 21.6 Å². The van der Waals surface area contributed by atoms with E-state index >= 15 is 0 Å². The highest BCUT2D eigenvalue weighted by molar-refractivity contribution is 6.01. The third-order valence-corrected chi connectivity index (χ3v) is 3.68. The Labute approximate surface area is 144 Å². The molecule has 0 saturated carbocycles. The minimum Gasteiger partial charge on any atom is -0.358 e. The highest BCUT2D eigenvalue weighted by Crippen LogP contribution is 2.19. The number of pyridine rings is 1. The van der Waals surface area contributed by atoms with E-state index in [-0.39, 0.29) is 12.5 Å². The zero-order valence-corrected chi connectivity index (χ0v) is 13.6. The summed E-state index contributed by atoms with van der Waals surface area (Å²) < 4.78 is 0. The molecule has 2 aromatic heterocycles. The average molecular weight is 335 g/mol. The lowest BCUT2D eigenvalue weighted by atomic mass is 10.1. The number of hydrogen-bond donors (Lipinski definition) is 3. The van der Waals surface area contributed by atoms with Gasteiger partial charge in [-0.3, -0.25) is 14.6 Å². The lowest BCUT2D eigenvalue weighted by Crippen LogP contribution is -2.34. The molecular formula is C18H17N5O2. The molecule has 0 atom stereocenters. The molecule has 0 bridgehead atoms. The van der Waals surface area contributed by atoms with Gasteiger partial charge in [-0.25, -0.2) is 5.43 Å². The van der Waals surface area contributed by atoms with Crippen LogP contribution in [0.15, 0.2) is 53.9 Å². The maximum Gasteiger partial charge on any atom is 0.259 e. The number of aromatic nitrogens is 2. The van der Waals surface area contributed by atoms with E-state index in [9.17, 15) is 9.59 Å². The summed E-state index contributed by atoms with van der Waals surface area (Å²) in [6.45, 7) is 1.78. The lowest BCUT2D eigenvalue weighted by molar-refractivity contribution is -0.120. The highest BCUT2D eigenvalue weighted by Gasteiger charge is 2.08. The standard InChI is InChI=1S/C18H17N5O2/c1-12-15(14-4-2-3-5-16(14)22-12)10-21-23-17(24)11-20-18(25)13-6-8-19-9-7-13/h2-10,22H,11H2,1H3,(H,20,25)(H,23,24)/b21-10-. The molecule has 2 heterocycles. The Bertz CT molecular complexity index is 931. The number of benzene rings is 1. The van der Waals surface area contributed by atoms with Crippen LogP contribution in [0.4, 0.5) is 0 Å². The van der Waals surface area contributed by atoms with Crippen LogP contribution in [-0.4, -0.2) is 34.5 Å². The first kappa shape index (κ1) is 16.4. The van der Waals surface area contributed by atoms with Crippen molar-refractivity contribution in [2.75, 3.05) is 6.54 Å². The first-order chi connectivity index (χ1) is 12.1. The van der Waals surface area contributed by atoms with E-state index in [1.807, 2.05) is 31.2 Å². The van der Waals surface area contributed by atoms with Gasteiger partial charge in [-0.05, 0) is 25.1 Å². The fraction of sp³-hybridized carbons (Fsp3) is 0.111. The van der Waals surface area contributed by atoms with Crippen LogP contribution >= 0.6 is 0 Å². The van der Waals surface area contributed by atoms with E-state index in [0.29, 0.717) is 5.56 Å². The quantitative estimate of drug-likeness (QED) is 0.489. The number of nitrogens with zero attached hydrogens (tertiary/aromatic N) is 2. The summed E-state index contributed by atoms with van der Waals surface area (Å²) in [6, 6.07) is 11.0. The van der Waals surface area contributed by atoms with Crippen molar-refractivity contribution in [2.24, 2.45) is 5.10 Å². The number of hydrogen-bond acceptors (Lipinski definition) is 4. The van der Waals surface area contributed by atoms with Crippen molar-refractivity contribution >= 4 is 28.9 Å². The number of nitrogens with one attached hydrogen (secondary N) is 3. The maximum atomic E-state index is 11.8. The Kier molecular flexibility index (Phi) is 4.84. The number of carbonyl (C=O) groups is 2. The molecule has 0 spiro atoms. The molecular weight excluding hydrogens is 318 g/mol. The van der Waals surface area contributed by atoms with Crippen molar-refractivity contribution in [3.05, 3.63) is 65.6 Å². The van der Waals surface area contributed by atoms with Crippen molar-refractivity contribution in [3.8, 4) is 0 Å². The Balaban J connectivity index is 1.56. The summed E-state index contributed by atoms with van der Waals surface area (Å²) in [7, 11) is 0. The van der Waals surface area contributed by atoms with Crippen LogP contribution in [0, 0.1) is 6.92 Å². The molecule has 0 radical (unpaired) electrons. The Hall–Kier alpha value is -3.48.